The number of aliphatic imine (C=N–C) groups is 1. The van der Waals surface area contributed by atoms with E-state index in [1.165, 1.54) is 21.3 Å². The third-order valence-corrected chi connectivity index (χ3v) is 5.16. The van der Waals surface area contributed by atoms with E-state index in [1.54, 1.807) is 24.5 Å². The molecular weight excluding hydrogens is 404 g/mol. The van der Waals surface area contributed by atoms with Crippen LogP contribution in [0.25, 0.3) is 17.1 Å². The number of benzene rings is 2. The predicted octanol–water partition coefficient (Wildman–Crippen LogP) is 4.18. The van der Waals surface area contributed by atoms with Gasteiger partial charge in [0.25, 0.3) is 5.24 Å². The topological polar surface area (TPSA) is 94.9 Å². The first-order chi connectivity index (χ1) is 14.6. The van der Waals surface area contributed by atoms with Crippen molar-refractivity contribution in [2.24, 2.45) is 4.99 Å². The van der Waals surface area contributed by atoms with Gasteiger partial charge >= 0.3 is 0 Å². The van der Waals surface area contributed by atoms with Crippen molar-refractivity contribution < 1.29 is 19.0 Å². The number of nitrogens with zero attached hydrogens (tertiary/aromatic N) is 3. The van der Waals surface area contributed by atoms with E-state index in [0.717, 1.165) is 28.4 Å². The van der Waals surface area contributed by atoms with E-state index >= 15 is 0 Å². The molecule has 30 heavy (non-hydrogen) atoms. The second-order valence-corrected chi connectivity index (χ2v) is 7.19. The molecule has 152 valence electrons. The predicted molar refractivity (Wildman–Crippen MR) is 117 cm³/mol. The van der Waals surface area contributed by atoms with E-state index in [2.05, 4.69) is 20.3 Å². The van der Waals surface area contributed by atoms with E-state index in [1.807, 2.05) is 24.3 Å². The maximum absolute atomic E-state index is 12.0. The average molecular weight is 422 g/mol. The van der Waals surface area contributed by atoms with Crippen molar-refractivity contribution >= 4 is 45.6 Å². The van der Waals surface area contributed by atoms with Gasteiger partial charge in [0.15, 0.2) is 11.5 Å². The van der Waals surface area contributed by atoms with Crippen LogP contribution in [0.4, 0.5) is 10.5 Å². The number of ether oxygens (including phenoxy) is 3. The zero-order valence-electron chi connectivity index (χ0n) is 16.5. The van der Waals surface area contributed by atoms with Gasteiger partial charge in [-0.15, -0.1) is 0 Å². The summed E-state index contributed by atoms with van der Waals surface area (Å²) in [6.45, 7) is 0. The Balaban J connectivity index is 1.74. The lowest BCUT2D eigenvalue weighted by molar-refractivity contribution is 0.265. The van der Waals surface area contributed by atoms with E-state index in [4.69, 9.17) is 14.2 Å². The highest BCUT2D eigenvalue weighted by molar-refractivity contribution is 8.18. The van der Waals surface area contributed by atoms with Gasteiger partial charge in [-0.05, 0) is 35.5 Å². The summed E-state index contributed by atoms with van der Waals surface area (Å²) in [6, 6.07) is 9.15. The summed E-state index contributed by atoms with van der Waals surface area (Å²) in [7, 11) is 4.61. The molecule has 1 saturated heterocycles. The molecule has 1 aliphatic rings. The van der Waals surface area contributed by atoms with E-state index in [9.17, 15) is 4.79 Å². The van der Waals surface area contributed by atoms with Gasteiger partial charge in [0.05, 0.1) is 43.0 Å². The number of rotatable bonds is 5. The molecule has 9 heteroatoms. The number of aromatic nitrogens is 2. The van der Waals surface area contributed by atoms with Gasteiger partial charge in [-0.3, -0.25) is 14.8 Å². The fourth-order valence-electron chi connectivity index (χ4n) is 3.00. The van der Waals surface area contributed by atoms with E-state index in [0.29, 0.717) is 33.7 Å². The maximum Gasteiger partial charge on any atom is 0.289 e. The highest BCUT2D eigenvalue weighted by Crippen LogP contribution is 2.41. The first-order valence-electron chi connectivity index (χ1n) is 8.91. The molecule has 0 spiro atoms. The van der Waals surface area contributed by atoms with Crippen LogP contribution in [0.1, 0.15) is 5.56 Å². The summed E-state index contributed by atoms with van der Waals surface area (Å²) in [4.78, 5) is 25.9. The van der Waals surface area contributed by atoms with Crippen molar-refractivity contribution in [3.8, 4) is 17.2 Å². The summed E-state index contributed by atoms with van der Waals surface area (Å²) in [5, 5.41) is 2.58. The molecule has 0 radical (unpaired) electrons. The number of thioether (sulfide) groups is 1. The summed E-state index contributed by atoms with van der Waals surface area (Å²) >= 11 is 1.08. The van der Waals surface area contributed by atoms with Crippen molar-refractivity contribution in [3.05, 3.63) is 53.2 Å². The summed E-state index contributed by atoms with van der Waals surface area (Å²) in [5.74, 6) is 1.87. The largest absolute Gasteiger partial charge is 0.493 e. The lowest BCUT2D eigenvalue weighted by Crippen LogP contribution is -2.18. The zero-order chi connectivity index (χ0) is 21.1. The third kappa shape index (κ3) is 3.92. The fourth-order valence-corrected chi connectivity index (χ4v) is 3.73. The molecule has 0 bridgehead atoms. The fraction of sp³-hybridized carbons (Fsp3) is 0.143. The molecule has 2 aromatic carbocycles. The summed E-state index contributed by atoms with van der Waals surface area (Å²) in [5.41, 5.74) is 3.02. The molecule has 0 saturated carbocycles. The molecule has 1 fully saturated rings. The Morgan fingerprint density at radius 3 is 2.33 bits per heavy atom. The van der Waals surface area contributed by atoms with Crippen molar-refractivity contribution in [1.82, 2.24) is 15.3 Å². The minimum Gasteiger partial charge on any atom is -0.493 e. The second-order valence-electron chi connectivity index (χ2n) is 6.17. The molecule has 1 amide bonds. The van der Waals surface area contributed by atoms with Crippen LogP contribution < -0.4 is 19.5 Å². The van der Waals surface area contributed by atoms with Gasteiger partial charge in [-0.25, -0.2) is 4.99 Å². The lowest BCUT2D eigenvalue weighted by Gasteiger charge is -2.12. The number of methoxy groups -OCH3 is 3. The molecule has 0 unspecified atom stereocenters. The molecule has 4 rings (SSSR count). The minimum absolute atomic E-state index is 0.201. The van der Waals surface area contributed by atoms with Gasteiger partial charge in [0.2, 0.25) is 5.75 Å². The highest BCUT2D eigenvalue weighted by Gasteiger charge is 2.24. The molecule has 2 heterocycles. The van der Waals surface area contributed by atoms with Gasteiger partial charge < -0.3 is 19.5 Å². The van der Waals surface area contributed by atoms with Crippen molar-refractivity contribution in [3.63, 3.8) is 0 Å². The lowest BCUT2D eigenvalue weighted by atomic mass is 10.1. The molecule has 1 aromatic heterocycles. The molecule has 1 aliphatic heterocycles. The Kier molecular flexibility index (Phi) is 5.53. The maximum atomic E-state index is 12.0. The molecule has 0 atom stereocenters. The van der Waals surface area contributed by atoms with E-state index < -0.39 is 0 Å². The first kappa shape index (κ1) is 19.7. The Morgan fingerprint density at radius 2 is 1.67 bits per heavy atom. The summed E-state index contributed by atoms with van der Waals surface area (Å²) < 4.78 is 16.1. The average Bonchev–Trinajstić information content (AvgIpc) is 3.11. The molecule has 1 N–H and O–H groups in total. The molecule has 3 aromatic rings. The normalized spacial score (nSPS) is 16.2. The van der Waals surface area contributed by atoms with Crippen LogP contribution in [0.2, 0.25) is 0 Å². The molecular formula is C21H18N4O4S. The Hall–Kier alpha value is -3.59. The first-order valence-corrected chi connectivity index (χ1v) is 9.73. The van der Waals surface area contributed by atoms with Crippen LogP contribution in [-0.4, -0.2) is 42.4 Å². The van der Waals surface area contributed by atoms with Gasteiger partial charge in [0, 0.05) is 24.5 Å². The monoisotopic (exact) mass is 422 g/mol. The third-order valence-electron chi connectivity index (χ3n) is 4.34. The van der Waals surface area contributed by atoms with Gasteiger partial charge in [-0.2, -0.15) is 0 Å². The van der Waals surface area contributed by atoms with Gasteiger partial charge in [0.1, 0.15) is 5.84 Å². The Labute approximate surface area is 177 Å². The summed E-state index contributed by atoms with van der Waals surface area (Å²) in [6.07, 6.45) is 5.18. The number of amidine groups is 1. The van der Waals surface area contributed by atoms with Crippen LogP contribution in [-0.2, 0) is 0 Å². The van der Waals surface area contributed by atoms with Crippen LogP contribution in [0, 0.1) is 0 Å². The number of hydrogen-bond donors (Lipinski definition) is 1. The number of carbonyl (C=O) groups excluding carboxylic acids is 1. The number of amides is 1. The highest BCUT2D eigenvalue weighted by atomic mass is 32.2. The van der Waals surface area contributed by atoms with Crippen molar-refractivity contribution in [1.29, 1.82) is 0 Å². The number of fused-ring (bicyclic) bond motifs is 1. The number of nitrogens with one attached hydrogen (secondary N) is 1. The smallest absolute Gasteiger partial charge is 0.289 e. The quantitative estimate of drug-likeness (QED) is 0.659. The minimum atomic E-state index is -0.201. The SMILES string of the molecule is COc1cc(N=C2NC(=O)S/C2=C\c2ccc3nccnc3c2)cc(OC)c1OC. The Morgan fingerprint density at radius 1 is 0.967 bits per heavy atom. The standard InChI is InChI=1S/C21H18N4O4S/c1-27-16-10-13(11-17(28-2)19(16)29-3)24-20-18(30-21(26)25-20)9-12-4-5-14-15(8-12)23-7-6-22-14/h4-11H,1-3H3,(H,24,25,26)/b18-9-. The number of carbonyl (C=O) groups is 1. The molecule has 0 aliphatic carbocycles. The van der Waals surface area contributed by atoms with Crippen molar-refractivity contribution in [2.75, 3.05) is 21.3 Å². The van der Waals surface area contributed by atoms with Crippen LogP contribution in [0.3, 0.4) is 0 Å². The Bertz CT molecular complexity index is 1170. The molecule has 8 nitrogen and oxygen atoms in total. The van der Waals surface area contributed by atoms with Crippen LogP contribution in [0.5, 0.6) is 17.2 Å². The van der Waals surface area contributed by atoms with Crippen molar-refractivity contribution in [2.45, 2.75) is 0 Å². The van der Waals surface area contributed by atoms with Gasteiger partial charge in [-0.1, -0.05) is 6.07 Å². The van der Waals surface area contributed by atoms with E-state index in [-0.39, 0.29) is 5.24 Å². The van der Waals surface area contributed by atoms with Crippen LogP contribution in [0.15, 0.2) is 52.6 Å². The van der Waals surface area contributed by atoms with Crippen LogP contribution >= 0.6 is 11.8 Å². The zero-order valence-corrected chi connectivity index (χ0v) is 17.3. The number of hydrogen-bond acceptors (Lipinski definition) is 8. The second kappa shape index (κ2) is 8.42.